The Morgan fingerprint density at radius 3 is 2.70 bits per heavy atom. The predicted octanol–water partition coefficient (Wildman–Crippen LogP) is 3.19. The van der Waals surface area contributed by atoms with Crippen molar-refractivity contribution in [2.24, 2.45) is 0 Å². The highest BCUT2D eigenvalue weighted by atomic mass is 79.9. The fourth-order valence-electron chi connectivity index (χ4n) is 1.97. The van der Waals surface area contributed by atoms with Crippen molar-refractivity contribution < 1.29 is 9.18 Å². The molecule has 0 N–H and O–H groups in total. The number of carbonyl (C=O) groups is 1. The van der Waals surface area contributed by atoms with Crippen molar-refractivity contribution >= 4 is 21.7 Å². The molecule has 0 unspecified atom stereocenters. The number of halogens is 2. The highest BCUT2D eigenvalue weighted by Crippen LogP contribution is 2.23. The third-order valence-electron chi connectivity index (χ3n) is 3.04. The van der Waals surface area contributed by atoms with Gasteiger partial charge >= 0.3 is 0 Å². The van der Waals surface area contributed by atoms with Crippen LogP contribution in [0.25, 0.3) is 0 Å². The highest BCUT2D eigenvalue weighted by Gasteiger charge is 2.18. The van der Waals surface area contributed by atoms with Crippen LogP contribution in [-0.4, -0.2) is 20.5 Å². The van der Waals surface area contributed by atoms with Gasteiger partial charge in [-0.15, -0.1) is 0 Å². The van der Waals surface area contributed by atoms with E-state index < -0.39 is 5.82 Å². The molecule has 0 atom stereocenters. The average molecular weight is 340 g/mol. The van der Waals surface area contributed by atoms with E-state index >= 15 is 0 Å². The number of hydrogen-bond donors (Lipinski definition) is 0. The van der Waals surface area contributed by atoms with E-state index in [1.165, 1.54) is 12.1 Å². The highest BCUT2D eigenvalue weighted by molar-refractivity contribution is 9.10. The van der Waals surface area contributed by atoms with Gasteiger partial charge in [-0.1, -0.05) is 6.92 Å². The van der Waals surface area contributed by atoms with Gasteiger partial charge in [0, 0.05) is 6.54 Å². The average Bonchev–Trinajstić information content (AvgIpc) is 2.76. The Balaban J connectivity index is 2.27. The molecule has 0 aliphatic carbocycles. The molecule has 106 valence electrons. The van der Waals surface area contributed by atoms with Crippen molar-refractivity contribution in [3.05, 3.63) is 45.7 Å². The van der Waals surface area contributed by atoms with E-state index in [0.717, 1.165) is 28.5 Å². The molecule has 0 saturated carbocycles. The number of aromatic nitrogens is 3. The third-order valence-corrected chi connectivity index (χ3v) is 3.95. The van der Waals surface area contributed by atoms with Crippen LogP contribution in [0.3, 0.4) is 0 Å². The Kier molecular flexibility index (Phi) is 4.65. The molecule has 0 spiro atoms. The lowest BCUT2D eigenvalue weighted by molar-refractivity contribution is 0.0985. The maximum atomic E-state index is 12.8. The van der Waals surface area contributed by atoms with Crippen molar-refractivity contribution in [1.29, 1.82) is 0 Å². The lowest BCUT2D eigenvalue weighted by atomic mass is 10.1. The van der Waals surface area contributed by atoms with Crippen molar-refractivity contribution in [2.75, 3.05) is 0 Å². The molecule has 4 nitrogen and oxygen atoms in total. The number of rotatable bonds is 5. The molecule has 0 bridgehead atoms. The molecular weight excluding hydrogens is 325 g/mol. The molecule has 0 radical (unpaired) electrons. The van der Waals surface area contributed by atoms with Crippen LogP contribution < -0.4 is 0 Å². The van der Waals surface area contributed by atoms with Crippen LogP contribution in [0, 0.1) is 5.82 Å². The van der Waals surface area contributed by atoms with Gasteiger partial charge in [-0.3, -0.25) is 14.5 Å². The number of aryl methyl sites for hydroxylation is 2. The van der Waals surface area contributed by atoms with Gasteiger partial charge in [-0.05, 0) is 41.4 Å². The first-order valence-corrected chi connectivity index (χ1v) is 7.24. The zero-order valence-corrected chi connectivity index (χ0v) is 12.9. The quantitative estimate of drug-likeness (QED) is 0.786. The fourth-order valence-corrected chi connectivity index (χ4v) is 2.67. The van der Waals surface area contributed by atoms with Crippen LogP contribution in [-0.2, 0) is 19.4 Å². The fraction of sp³-hybridized carbons (Fsp3) is 0.357. The molecule has 0 aromatic carbocycles. The standard InChI is InChI=1S/C14H15BrFN3O/c1-3-10-14(15)12(19(4-2)18-10)7-13(20)11-6-5-9(16)8-17-11/h5-6,8H,3-4,7H2,1-2H3. The maximum Gasteiger partial charge on any atom is 0.187 e. The summed E-state index contributed by atoms with van der Waals surface area (Å²) < 4.78 is 15.5. The zero-order chi connectivity index (χ0) is 14.7. The van der Waals surface area contributed by atoms with E-state index in [9.17, 15) is 9.18 Å². The number of ketones is 1. The molecule has 0 fully saturated rings. The summed E-state index contributed by atoms with van der Waals surface area (Å²) in [6.45, 7) is 4.68. The van der Waals surface area contributed by atoms with E-state index in [4.69, 9.17) is 0 Å². The van der Waals surface area contributed by atoms with E-state index in [1.54, 1.807) is 0 Å². The molecule has 0 saturated heterocycles. The number of hydrogen-bond acceptors (Lipinski definition) is 3. The summed E-state index contributed by atoms with van der Waals surface area (Å²) >= 11 is 3.50. The Labute approximate surface area is 125 Å². The van der Waals surface area contributed by atoms with Gasteiger partial charge in [0.15, 0.2) is 5.78 Å². The normalized spacial score (nSPS) is 10.8. The van der Waals surface area contributed by atoms with Gasteiger partial charge in [0.2, 0.25) is 0 Å². The van der Waals surface area contributed by atoms with E-state index in [2.05, 4.69) is 26.0 Å². The monoisotopic (exact) mass is 339 g/mol. The second-order valence-electron chi connectivity index (χ2n) is 4.34. The number of carbonyl (C=O) groups excluding carboxylic acids is 1. The summed E-state index contributed by atoms with van der Waals surface area (Å²) in [7, 11) is 0. The van der Waals surface area contributed by atoms with Crippen LogP contribution in [0.5, 0.6) is 0 Å². The minimum absolute atomic E-state index is 0.150. The summed E-state index contributed by atoms with van der Waals surface area (Å²) in [6, 6.07) is 2.64. The Bertz CT molecular complexity index is 622. The predicted molar refractivity (Wildman–Crippen MR) is 77.2 cm³/mol. The summed E-state index contributed by atoms with van der Waals surface area (Å²) in [4.78, 5) is 16.0. The lowest BCUT2D eigenvalue weighted by Crippen LogP contribution is -2.11. The molecule has 20 heavy (non-hydrogen) atoms. The van der Waals surface area contributed by atoms with E-state index in [1.807, 2.05) is 18.5 Å². The topological polar surface area (TPSA) is 47.8 Å². The first kappa shape index (κ1) is 14.8. The van der Waals surface area contributed by atoms with Crippen molar-refractivity contribution in [3.63, 3.8) is 0 Å². The molecule has 2 heterocycles. The third kappa shape index (κ3) is 2.95. The summed E-state index contributed by atoms with van der Waals surface area (Å²) in [5.41, 5.74) is 2.03. The van der Waals surface area contributed by atoms with Crippen LogP contribution >= 0.6 is 15.9 Å². The largest absolute Gasteiger partial charge is 0.292 e. The number of Topliss-reactive ketones (excluding diaryl/α,β-unsaturated/α-hetero) is 1. The molecule has 0 aliphatic heterocycles. The molecule has 2 aromatic heterocycles. The Hall–Kier alpha value is -1.56. The summed E-state index contributed by atoms with van der Waals surface area (Å²) in [5.74, 6) is -0.599. The van der Waals surface area contributed by atoms with Gasteiger partial charge in [-0.2, -0.15) is 5.10 Å². The molecular formula is C14H15BrFN3O. The smallest absolute Gasteiger partial charge is 0.187 e. The molecule has 2 aromatic rings. The second kappa shape index (κ2) is 6.26. The van der Waals surface area contributed by atoms with Crippen LogP contribution in [0.2, 0.25) is 0 Å². The Morgan fingerprint density at radius 1 is 1.40 bits per heavy atom. The number of pyridine rings is 1. The minimum atomic E-state index is -0.449. The maximum absolute atomic E-state index is 12.8. The van der Waals surface area contributed by atoms with E-state index in [0.29, 0.717) is 6.54 Å². The van der Waals surface area contributed by atoms with Gasteiger partial charge in [-0.25, -0.2) is 4.39 Å². The van der Waals surface area contributed by atoms with Crippen LogP contribution in [0.4, 0.5) is 4.39 Å². The van der Waals surface area contributed by atoms with Gasteiger partial charge in [0.1, 0.15) is 11.5 Å². The van der Waals surface area contributed by atoms with Gasteiger partial charge < -0.3 is 0 Å². The summed E-state index contributed by atoms with van der Waals surface area (Å²) in [6.07, 6.45) is 2.04. The number of nitrogens with zero attached hydrogens (tertiary/aromatic N) is 3. The molecule has 0 amide bonds. The van der Waals surface area contributed by atoms with E-state index in [-0.39, 0.29) is 17.9 Å². The van der Waals surface area contributed by atoms with Gasteiger partial charge in [0.05, 0.1) is 28.5 Å². The van der Waals surface area contributed by atoms with Crippen molar-refractivity contribution in [1.82, 2.24) is 14.8 Å². The zero-order valence-electron chi connectivity index (χ0n) is 11.4. The minimum Gasteiger partial charge on any atom is -0.292 e. The lowest BCUT2D eigenvalue weighted by Gasteiger charge is -2.04. The van der Waals surface area contributed by atoms with Crippen LogP contribution in [0.1, 0.15) is 35.7 Å². The van der Waals surface area contributed by atoms with Crippen molar-refractivity contribution in [3.8, 4) is 0 Å². The molecule has 2 rings (SSSR count). The molecule has 0 aliphatic rings. The first-order valence-electron chi connectivity index (χ1n) is 6.45. The van der Waals surface area contributed by atoms with Crippen molar-refractivity contribution in [2.45, 2.75) is 33.2 Å². The summed E-state index contributed by atoms with van der Waals surface area (Å²) in [5, 5.41) is 4.44. The first-order chi connectivity index (χ1) is 9.56. The van der Waals surface area contributed by atoms with Crippen LogP contribution in [0.15, 0.2) is 22.8 Å². The SMILES string of the molecule is CCc1nn(CC)c(CC(=O)c2ccc(F)cn2)c1Br. The Morgan fingerprint density at radius 2 is 2.15 bits per heavy atom. The van der Waals surface area contributed by atoms with Gasteiger partial charge in [0.25, 0.3) is 0 Å². The molecule has 6 heteroatoms. The second-order valence-corrected chi connectivity index (χ2v) is 5.13.